The van der Waals surface area contributed by atoms with Gasteiger partial charge in [-0.25, -0.2) is 4.98 Å². The minimum atomic E-state index is 0.949. The van der Waals surface area contributed by atoms with Crippen molar-refractivity contribution in [2.75, 3.05) is 0 Å². The number of imidazole rings is 1. The van der Waals surface area contributed by atoms with Crippen LogP contribution in [0, 0.1) is 13.8 Å². The zero-order valence-corrected chi connectivity index (χ0v) is 19.3. The topological polar surface area (TPSA) is 30.7 Å². The van der Waals surface area contributed by atoms with Gasteiger partial charge in [0.2, 0.25) is 0 Å². The predicted molar refractivity (Wildman–Crippen MR) is 124 cm³/mol. The summed E-state index contributed by atoms with van der Waals surface area (Å²) in [6, 6.07) is 4.29. The summed E-state index contributed by atoms with van der Waals surface area (Å²) in [5.74, 6) is 0. The molecule has 0 saturated carbocycles. The van der Waals surface area contributed by atoms with Gasteiger partial charge in [-0.3, -0.25) is 0 Å². The molecule has 0 fully saturated rings. The van der Waals surface area contributed by atoms with Crippen LogP contribution in [-0.2, 0) is 7.05 Å². The molecular weight excluding hydrogens is 350 g/mol. The van der Waals surface area contributed by atoms with Crippen molar-refractivity contribution in [1.82, 2.24) is 13.9 Å². The normalized spacial score (nSPS) is 9.22. The van der Waals surface area contributed by atoms with Gasteiger partial charge in [-0.1, -0.05) is 53.0 Å². The van der Waals surface area contributed by atoms with Gasteiger partial charge in [0, 0.05) is 18.6 Å². The van der Waals surface area contributed by atoms with Crippen LogP contribution < -0.4 is 0 Å². The van der Waals surface area contributed by atoms with Crippen LogP contribution in [0.4, 0.5) is 0 Å². The Labute approximate surface area is 169 Å². The van der Waals surface area contributed by atoms with E-state index < -0.39 is 0 Å². The van der Waals surface area contributed by atoms with Crippen LogP contribution >= 0.6 is 11.5 Å². The summed E-state index contributed by atoms with van der Waals surface area (Å²) >= 11 is 1.58. The van der Waals surface area contributed by atoms with Crippen LogP contribution in [0.2, 0.25) is 0 Å². The highest BCUT2D eigenvalue weighted by atomic mass is 32.1. The fourth-order valence-electron chi connectivity index (χ4n) is 2.47. The lowest BCUT2D eigenvalue weighted by Gasteiger charge is -2.03. The lowest BCUT2D eigenvalue weighted by Crippen LogP contribution is -1.94. The van der Waals surface area contributed by atoms with Gasteiger partial charge in [-0.05, 0) is 61.5 Å². The van der Waals surface area contributed by atoms with E-state index in [-0.39, 0.29) is 0 Å². The maximum absolute atomic E-state index is 4.24. The lowest BCUT2D eigenvalue weighted by molar-refractivity contribution is 0.896. The molecule has 2 heterocycles. The van der Waals surface area contributed by atoms with Gasteiger partial charge in [-0.2, -0.15) is 4.37 Å². The Morgan fingerprint density at radius 1 is 0.963 bits per heavy atom. The Balaban J connectivity index is 0.000000424. The van der Waals surface area contributed by atoms with Gasteiger partial charge >= 0.3 is 0 Å². The molecule has 0 saturated heterocycles. The molecule has 0 atom stereocenters. The minimum absolute atomic E-state index is 0.949. The molecule has 27 heavy (non-hydrogen) atoms. The molecule has 0 aliphatic carbocycles. The van der Waals surface area contributed by atoms with Crippen molar-refractivity contribution < 1.29 is 0 Å². The second-order valence-corrected chi connectivity index (χ2v) is 6.68. The van der Waals surface area contributed by atoms with Gasteiger partial charge in [0.25, 0.3) is 0 Å². The molecule has 0 unspecified atom stereocenters. The molecule has 4 heteroatoms. The van der Waals surface area contributed by atoms with Crippen LogP contribution in [0.3, 0.4) is 0 Å². The lowest BCUT2D eigenvalue weighted by atomic mass is 10.1. The number of hydrogen-bond donors (Lipinski definition) is 0. The molecule has 3 rings (SSSR count). The minimum Gasteiger partial charge on any atom is -0.334 e. The highest BCUT2D eigenvalue weighted by Crippen LogP contribution is 2.24. The molecule has 2 aromatic heterocycles. The molecule has 0 aliphatic heterocycles. The first-order valence-electron chi connectivity index (χ1n) is 9.46. The molecule has 148 valence electrons. The van der Waals surface area contributed by atoms with Crippen molar-refractivity contribution in [3.8, 4) is 0 Å². The van der Waals surface area contributed by atoms with Gasteiger partial charge in [0.1, 0.15) is 0 Å². The molecule has 0 aliphatic rings. The number of allylic oxidation sites excluding steroid dienone is 2. The number of fused-ring (bicyclic) bond motifs is 1. The van der Waals surface area contributed by atoms with Gasteiger partial charge in [0.05, 0.1) is 22.4 Å². The molecule has 0 spiro atoms. The van der Waals surface area contributed by atoms with Crippen molar-refractivity contribution >= 4 is 32.8 Å². The average molecular weight is 386 g/mol. The third-order valence-corrected chi connectivity index (χ3v) is 4.62. The van der Waals surface area contributed by atoms with Crippen molar-refractivity contribution in [1.29, 1.82) is 0 Å². The Morgan fingerprint density at radius 3 is 1.96 bits per heavy atom. The second-order valence-electron chi connectivity index (χ2n) is 5.88. The van der Waals surface area contributed by atoms with E-state index in [1.165, 1.54) is 21.2 Å². The van der Waals surface area contributed by atoms with E-state index >= 15 is 0 Å². The average Bonchev–Trinajstić information content (AvgIpc) is 3.30. The number of benzene rings is 1. The first-order valence-corrected chi connectivity index (χ1v) is 10.2. The van der Waals surface area contributed by atoms with E-state index in [1.807, 2.05) is 59.4 Å². The monoisotopic (exact) mass is 385 g/mol. The quantitative estimate of drug-likeness (QED) is 0.458. The molecule has 3 nitrogen and oxygen atoms in total. The summed E-state index contributed by atoms with van der Waals surface area (Å²) in [6.07, 6.45) is 3.73. The smallest absolute Gasteiger partial charge is 0.0955 e. The maximum Gasteiger partial charge on any atom is 0.0955 e. The fourth-order valence-corrected chi connectivity index (χ4v) is 3.25. The van der Waals surface area contributed by atoms with Crippen LogP contribution in [0.15, 0.2) is 37.8 Å². The van der Waals surface area contributed by atoms with Crippen molar-refractivity contribution in [3.05, 3.63) is 60.3 Å². The van der Waals surface area contributed by atoms with Gasteiger partial charge < -0.3 is 4.57 Å². The number of hydrogen-bond acceptors (Lipinski definition) is 3. The van der Waals surface area contributed by atoms with E-state index in [9.17, 15) is 0 Å². The number of nitrogens with zero attached hydrogens (tertiary/aromatic N) is 3. The zero-order valence-electron chi connectivity index (χ0n) is 18.5. The SMILES string of the molecule is C=C(C)c1ncn(C)c1C(=C)C.CC.CC.Cc1ccc(C)c2sncc12. The van der Waals surface area contributed by atoms with E-state index in [0.717, 1.165) is 22.5 Å². The van der Waals surface area contributed by atoms with Gasteiger partial charge in [-0.15, -0.1) is 0 Å². The summed E-state index contributed by atoms with van der Waals surface area (Å²) in [6.45, 7) is 23.9. The van der Waals surface area contributed by atoms with Crippen LogP contribution in [0.5, 0.6) is 0 Å². The van der Waals surface area contributed by atoms with Crippen LogP contribution in [0.25, 0.3) is 21.2 Å². The summed E-state index contributed by atoms with van der Waals surface area (Å²) < 4.78 is 7.45. The second kappa shape index (κ2) is 12.2. The van der Waals surface area contributed by atoms with E-state index in [4.69, 9.17) is 0 Å². The van der Waals surface area contributed by atoms with Crippen LogP contribution in [-0.4, -0.2) is 13.9 Å². The Kier molecular flexibility index (Phi) is 11.2. The molecule has 0 N–H and O–H groups in total. The number of aromatic nitrogens is 3. The van der Waals surface area contributed by atoms with Crippen molar-refractivity contribution in [2.24, 2.45) is 7.05 Å². The van der Waals surface area contributed by atoms with Crippen molar-refractivity contribution in [3.63, 3.8) is 0 Å². The molecule has 0 bridgehead atoms. The third kappa shape index (κ3) is 6.47. The zero-order chi connectivity index (χ0) is 21.1. The number of aryl methyl sites for hydroxylation is 3. The first kappa shape index (κ1) is 24.8. The highest BCUT2D eigenvalue weighted by molar-refractivity contribution is 7.13. The Hall–Kier alpha value is -2.20. The predicted octanol–water partition coefficient (Wildman–Crippen LogP) is 7.45. The Bertz CT molecular complexity index is 833. The van der Waals surface area contributed by atoms with Crippen LogP contribution in [0.1, 0.15) is 64.1 Å². The molecule has 3 aromatic rings. The fraction of sp³-hybridized carbons (Fsp3) is 0.391. The Morgan fingerprint density at radius 2 is 1.52 bits per heavy atom. The van der Waals surface area contributed by atoms with Gasteiger partial charge in [0.15, 0.2) is 0 Å². The standard InChI is InChI=1S/C10H14N2.C9H9NS.2C2H6/c1-7(2)9-10(8(3)4)12(5)6-11-9;1-6-3-4-7(2)9-8(6)5-10-11-9;2*1-2/h6H,1,3H2,2,4-5H3;3-5H,1-2H3;2*1-2H3. The van der Waals surface area contributed by atoms with E-state index in [0.29, 0.717) is 0 Å². The summed E-state index contributed by atoms with van der Waals surface area (Å²) in [5, 5.41) is 1.30. The summed E-state index contributed by atoms with van der Waals surface area (Å²) in [7, 11) is 1.96. The van der Waals surface area contributed by atoms with E-state index in [1.54, 1.807) is 17.9 Å². The number of rotatable bonds is 2. The van der Waals surface area contributed by atoms with E-state index in [2.05, 4.69) is 48.5 Å². The first-order chi connectivity index (χ1) is 12.8. The molecule has 1 aromatic carbocycles. The maximum atomic E-state index is 4.24. The van der Waals surface area contributed by atoms with Crippen molar-refractivity contribution in [2.45, 2.75) is 55.4 Å². The summed E-state index contributed by atoms with van der Waals surface area (Å²) in [5.41, 5.74) is 6.67. The largest absolute Gasteiger partial charge is 0.334 e. The molecule has 0 radical (unpaired) electrons. The molecular formula is C23H35N3S. The third-order valence-electron chi connectivity index (χ3n) is 3.68. The molecule has 0 amide bonds. The summed E-state index contributed by atoms with van der Waals surface area (Å²) in [4.78, 5) is 4.24. The highest BCUT2D eigenvalue weighted by Gasteiger charge is 2.08.